The summed E-state index contributed by atoms with van der Waals surface area (Å²) in [7, 11) is 1.93. The number of nitrogens with one attached hydrogen (secondary N) is 1. The highest BCUT2D eigenvalue weighted by molar-refractivity contribution is 5.96. The molecule has 0 saturated heterocycles. The van der Waals surface area contributed by atoms with Gasteiger partial charge in [-0.3, -0.25) is 9.80 Å². The SMILES string of the molecule is CC1=NN(C)C2NC(=O)c3ccccc3CCCC12. The highest BCUT2D eigenvalue weighted by Crippen LogP contribution is 2.26. The molecule has 0 aliphatic carbocycles. The molecule has 0 bridgehead atoms. The van der Waals surface area contributed by atoms with Crippen LogP contribution in [0.15, 0.2) is 29.4 Å². The Hall–Kier alpha value is -1.84. The number of hydrogen-bond acceptors (Lipinski definition) is 3. The number of nitrogens with zero attached hydrogens (tertiary/aromatic N) is 2. The molecule has 19 heavy (non-hydrogen) atoms. The number of amides is 1. The van der Waals surface area contributed by atoms with Gasteiger partial charge in [-0.05, 0) is 37.8 Å². The van der Waals surface area contributed by atoms with Crippen LogP contribution in [0.25, 0.3) is 0 Å². The summed E-state index contributed by atoms with van der Waals surface area (Å²) in [5, 5.41) is 9.48. The van der Waals surface area contributed by atoms with Crippen molar-refractivity contribution in [3.05, 3.63) is 35.4 Å². The Kier molecular flexibility index (Phi) is 3.01. The summed E-state index contributed by atoms with van der Waals surface area (Å²) in [4.78, 5) is 12.4. The lowest BCUT2D eigenvalue weighted by Gasteiger charge is -2.25. The Morgan fingerprint density at radius 2 is 2.16 bits per heavy atom. The minimum Gasteiger partial charge on any atom is -0.330 e. The maximum absolute atomic E-state index is 12.4. The molecule has 1 amide bonds. The highest BCUT2D eigenvalue weighted by atomic mass is 16.2. The largest absolute Gasteiger partial charge is 0.330 e. The van der Waals surface area contributed by atoms with Crippen LogP contribution < -0.4 is 5.32 Å². The summed E-state index contributed by atoms with van der Waals surface area (Å²) in [5.41, 5.74) is 3.08. The van der Waals surface area contributed by atoms with Crippen molar-refractivity contribution in [2.45, 2.75) is 32.4 Å². The van der Waals surface area contributed by atoms with Crippen molar-refractivity contribution >= 4 is 11.6 Å². The fourth-order valence-electron chi connectivity index (χ4n) is 3.12. The zero-order valence-corrected chi connectivity index (χ0v) is 11.4. The maximum atomic E-state index is 12.4. The zero-order chi connectivity index (χ0) is 13.4. The molecule has 4 heteroatoms. The van der Waals surface area contributed by atoms with Gasteiger partial charge in [-0.1, -0.05) is 18.2 Å². The van der Waals surface area contributed by atoms with E-state index in [1.54, 1.807) is 0 Å². The monoisotopic (exact) mass is 257 g/mol. The predicted molar refractivity (Wildman–Crippen MR) is 75.0 cm³/mol. The van der Waals surface area contributed by atoms with E-state index >= 15 is 0 Å². The molecule has 2 atom stereocenters. The quantitative estimate of drug-likeness (QED) is 0.772. The van der Waals surface area contributed by atoms with Gasteiger partial charge >= 0.3 is 0 Å². The molecular formula is C15H19N3O. The Bertz CT molecular complexity index is 538. The van der Waals surface area contributed by atoms with Gasteiger partial charge in [0, 0.05) is 24.2 Å². The summed E-state index contributed by atoms with van der Waals surface area (Å²) in [6.07, 6.45) is 3.12. The topological polar surface area (TPSA) is 44.7 Å². The Balaban J connectivity index is 1.93. The number of hydrazone groups is 1. The molecule has 2 unspecified atom stereocenters. The minimum atomic E-state index is -0.00124. The molecule has 100 valence electrons. The van der Waals surface area contributed by atoms with Gasteiger partial charge in [-0.2, -0.15) is 5.10 Å². The smallest absolute Gasteiger partial charge is 0.253 e. The number of carbonyl (C=O) groups excluding carboxylic acids is 1. The third-order valence-electron chi connectivity index (χ3n) is 4.14. The van der Waals surface area contributed by atoms with E-state index in [1.165, 1.54) is 0 Å². The second-order valence-corrected chi connectivity index (χ2v) is 5.39. The Morgan fingerprint density at radius 3 is 3.00 bits per heavy atom. The molecule has 1 aromatic rings. The summed E-state index contributed by atoms with van der Waals surface area (Å²) in [6, 6.07) is 7.89. The molecule has 0 saturated carbocycles. The predicted octanol–water partition coefficient (Wildman–Crippen LogP) is 2.02. The summed E-state index contributed by atoms with van der Waals surface area (Å²) >= 11 is 0. The second-order valence-electron chi connectivity index (χ2n) is 5.39. The molecule has 0 fully saturated rings. The van der Waals surface area contributed by atoms with Crippen LogP contribution >= 0.6 is 0 Å². The molecule has 2 aliphatic heterocycles. The van der Waals surface area contributed by atoms with Gasteiger partial charge in [-0.25, -0.2) is 0 Å². The third kappa shape index (κ3) is 2.11. The minimum absolute atomic E-state index is 0.00124. The van der Waals surface area contributed by atoms with Crippen LogP contribution in [0.2, 0.25) is 0 Å². The molecule has 1 N–H and O–H groups in total. The Labute approximate surface area is 113 Å². The van der Waals surface area contributed by atoms with E-state index in [4.69, 9.17) is 0 Å². The lowest BCUT2D eigenvalue weighted by molar-refractivity contribution is 0.0866. The molecule has 2 heterocycles. The second kappa shape index (κ2) is 4.68. The molecule has 4 nitrogen and oxygen atoms in total. The van der Waals surface area contributed by atoms with Crippen molar-refractivity contribution in [2.24, 2.45) is 11.0 Å². The van der Waals surface area contributed by atoms with Crippen LogP contribution in [0.5, 0.6) is 0 Å². The van der Waals surface area contributed by atoms with Crippen LogP contribution in [-0.2, 0) is 6.42 Å². The van der Waals surface area contributed by atoms with E-state index in [0.29, 0.717) is 5.92 Å². The zero-order valence-electron chi connectivity index (χ0n) is 11.4. The number of benzene rings is 1. The fourth-order valence-corrected chi connectivity index (χ4v) is 3.12. The van der Waals surface area contributed by atoms with E-state index in [0.717, 1.165) is 36.1 Å². The molecule has 3 rings (SSSR count). The van der Waals surface area contributed by atoms with E-state index in [2.05, 4.69) is 23.4 Å². The van der Waals surface area contributed by atoms with Crippen LogP contribution in [0.4, 0.5) is 0 Å². The van der Waals surface area contributed by atoms with Gasteiger partial charge in [0.15, 0.2) is 0 Å². The molecule has 0 spiro atoms. The molecule has 2 aliphatic rings. The van der Waals surface area contributed by atoms with Crippen molar-refractivity contribution < 1.29 is 4.79 Å². The first-order valence-corrected chi connectivity index (χ1v) is 6.83. The number of carbonyl (C=O) groups is 1. The van der Waals surface area contributed by atoms with E-state index in [9.17, 15) is 4.79 Å². The fraction of sp³-hybridized carbons (Fsp3) is 0.467. The number of hydrogen-bond donors (Lipinski definition) is 1. The van der Waals surface area contributed by atoms with Crippen molar-refractivity contribution in [2.75, 3.05) is 7.05 Å². The first-order valence-electron chi connectivity index (χ1n) is 6.83. The number of aryl methyl sites for hydroxylation is 1. The van der Waals surface area contributed by atoms with Crippen molar-refractivity contribution in [1.82, 2.24) is 10.3 Å². The Morgan fingerprint density at radius 1 is 1.37 bits per heavy atom. The lowest BCUT2D eigenvalue weighted by Crippen LogP contribution is -2.46. The average Bonchev–Trinajstić information content (AvgIpc) is 2.69. The third-order valence-corrected chi connectivity index (χ3v) is 4.14. The van der Waals surface area contributed by atoms with E-state index in [1.807, 2.05) is 30.3 Å². The van der Waals surface area contributed by atoms with Gasteiger partial charge < -0.3 is 5.32 Å². The summed E-state index contributed by atoms with van der Waals surface area (Å²) in [6.45, 7) is 2.05. The standard InChI is InChI=1S/C15H19N3O/c1-10-12-9-5-7-11-6-3-4-8-13(11)15(19)16-14(12)18(2)17-10/h3-4,6,8,12,14H,5,7,9H2,1-2H3,(H,16,19). The first-order chi connectivity index (χ1) is 9.16. The van der Waals surface area contributed by atoms with Gasteiger partial charge in [-0.15, -0.1) is 0 Å². The normalized spacial score (nSPS) is 26.5. The van der Waals surface area contributed by atoms with E-state index < -0.39 is 0 Å². The van der Waals surface area contributed by atoms with Crippen LogP contribution in [0.1, 0.15) is 35.7 Å². The van der Waals surface area contributed by atoms with E-state index in [-0.39, 0.29) is 12.1 Å². The molecule has 1 aromatic carbocycles. The van der Waals surface area contributed by atoms with Crippen molar-refractivity contribution in [3.8, 4) is 0 Å². The molecule has 0 aromatic heterocycles. The van der Waals surface area contributed by atoms with Crippen LogP contribution in [0.3, 0.4) is 0 Å². The first kappa shape index (κ1) is 12.2. The lowest BCUT2D eigenvalue weighted by atomic mass is 9.94. The number of fused-ring (bicyclic) bond motifs is 2. The van der Waals surface area contributed by atoms with Crippen molar-refractivity contribution in [1.29, 1.82) is 0 Å². The summed E-state index contributed by atoms with van der Waals surface area (Å²) in [5.74, 6) is 0.354. The molecule has 0 radical (unpaired) electrons. The average molecular weight is 257 g/mol. The van der Waals surface area contributed by atoms with Gasteiger partial charge in [0.2, 0.25) is 0 Å². The number of rotatable bonds is 0. The van der Waals surface area contributed by atoms with Crippen LogP contribution in [-0.4, -0.2) is 29.8 Å². The van der Waals surface area contributed by atoms with Gasteiger partial charge in [0.1, 0.15) is 6.17 Å². The van der Waals surface area contributed by atoms with Gasteiger partial charge in [0.05, 0.1) is 0 Å². The molecular weight excluding hydrogens is 238 g/mol. The van der Waals surface area contributed by atoms with Crippen LogP contribution in [0, 0.1) is 5.92 Å². The maximum Gasteiger partial charge on any atom is 0.253 e. The highest BCUT2D eigenvalue weighted by Gasteiger charge is 2.35. The summed E-state index contributed by atoms with van der Waals surface area (Å²) < 4.78 is 0. The van der Waals surface area contributed by atoms with Crippen molar-refractivity contribution in [3.63, 3.8) is 0 Å². The van der Waals surface area contributed by atoms with Gasteiger partial charge in [0.25, 0.3) is 5.91 Å².